The number of hydrogen-bond acceptors (Lipinski definition) is 3. The van der Waals surface area contributed by atoms with Gasteiger partial charge in [-0.1, -0.05) is 24.4 Å². The summed E-state index contributed by atoms with van der Waals surface area (Å²) < 4.78 is 0. The first-order chi connectivity index (χ1) is 10.1. The molecule has 1 aliphatic carbocycles. The maximum absolute atomic E-state index is 12.0. The Balaban J connectivity index is 1.76. The maximum Gasteiger partial charge on any atom is 0.258 e. The Morgan fingerprint density at radius 1 is 1.43 bits per heavy atom. The van der Waals surface area contributed by atoms with E-state index in [0.717, 1.165) is 5.92 Å². The van der Waals surface area contributed by atoms with E-state index < -0.39 is 0 Å². The minimum Gasteiger partial charge on any atom is -0.309 e. The highest BCUT2D eigenvalue weighted by atomic mass is 35.5. The smallest absolute Gasteiger partial charge is 0.258 e. The van der Waals surface area contributed by atoms with Crippen molar-refractivity contribution in [2.24, 2.45) is 5.92 Å². The molecule has 1 saturated carbocycles. The second-order valence-electron chi connectivity index (χ2n) is 5.89. The van der Waals surface area contributed by atoms with Crippen molar-refractivity contribution < 1.29 is 0 Å². The molecule has 0 radical (unpaired) electrons. The molecule has 1 atom stereocenters. The summed E-state index contributed by atoms with van der Waals surface area (Å²) in [5.41, 5.74) is 0.540. The van der Waals surface area contributed by atoms with Crippen molar-refractivity contribution in [3.8, 4) is 0 Å². The van der Waals surface area contributed by atoms with E-state index in [0.29, 0.717) is 34.3 Å². The molecule has 2 N–H and O–H groups in total. The number of aromatic amines is 1. The summed E-state index contributed by atoms with van der Waals surface area (Å²) in [6.07, 6.45) is 5.26. The molecule has 21 heavy (non-hydrogen) atoms. The van der Waals surface area contributed by atoms with Gasteiger partial charge in [-0.2, -0.15) is 0 Å². The van der Waals surface area contributed by atoms with E-state index in [1.807, 2.05) is 0 Å². The maximum atomic E-state index is 12.0. The second kappa shape index (κ2) is 6.16. The van der Waals surface area contributed by atoms with Crippen LogP contribution in [0.2, 0.25) is 5.02 Å². The van der Waals surface area contributed by atoms with Crippen molar-refractivity contribution in [3.63, 3.8) is 0 Å². The molecule has 0 aliphatic heterocycles. The van der Waals surface area contributed by atoms with Crippen LogP contribution in [-0.4, -0.2) is 16.0 Å². The fraction of sp³-hybridized carbons (Fsp3) is 0.500. The topological polar surface area (TPSA) is 57.8 Å². The minimum atomic E-state index is -0.109. The van der Waals surface area contributed by atoms with E-state index in [1.165, 1.54) is 25.7 Å². The first-order valence-corrected chi connectivity index (χ1v) is 7.93. The first kappa shape index (κ1) is 14.5. The van der Waals surface area contributed by atoms with Gasteiger partial charge in [0.2, 0.25) is 0 Å². The Morgan fingerprint density at radius 2 is 2.19 bits per heavy atom. The van der Waals surface area contributed by atoms with Gasteiger partial charge in [-0.25, -0.2) is 4.98 Å². The van der Waals surface area contributed by atoms with Crippen molar-refractivity contribution in [3.05, 3.63) is 39.4 Å². The van der Waals surface area contributed by atoms with Crippen LogP contribution in [0.1, 0.15) is 38.4 Å². The summed E-state index contributed by atoms with van der Waals surface area (Å²) in [4.78, 5) is 19.4. The van der Waals surface area contributed by atoms with E-state index in [9.17, 15) is 4.79 Å². The molecule has 112 valence electrons. The van der Waals surface area contributed by atoms with Crippen LogP contribution < -0.4 is 10.9 Å². The molecule has 1 unspecified atom stereocenters. The second-order valence-corrected chi connectivity index (χ2v) is 6.32. The van der Waals surface area contributed by atoms with Crippen LogP contribution in [0, 0.1) is 5.92 Å². The summed E-state index contributed by atoms with van der Waals surface area (Å²) in [6, 6.07) is 5.60. The number of rotatable bonds is 4. The lowest BCUT2D eigenvalue weighted by Crippen LogP contribution is -2.33. The van der Waals surface area contributed by atoms with Gasteiger partial charge in [0.25, 0.3) is 5.56 Å². The van der Waals surface area contributed by atoms with Gasteiger partial charge in [0, 0.05) is 11.1 Å². The van der Waals surface area contributed by atoms with Crippen molar-refractivity contribution in [1.82, 2.24) is 15.3 Å². The molecule has 5 heteroatoms. The van der Waals surface area contributed by atoms with Gasteiger partial charge in [0.1, 0.15) is 5.82 Å². The summed E-state index contributed by atoms with van der Waals surface area (Å²) in [6.45, 7) is 2.79. The van der Waals surface area contributed by atoms with Crippen molar-refractivity contribution in [2.75, 3.05) is 0 Å². The molecule has 1 heterocycles. The van der Waals surface area contributed by atoms with E-state index in [-0.39, 0.29) is 5.56 Å². The molecule has 2 aromatic rings. The Morgan fingerprint density at radius 3 is 2.95 bits per heavy atom. The third kappa shape index (κ3) is 3.27. The van der Waals surface area contributed by atoms with Crippen LogP contribution in [0.5, 0.6) is 0 Å². The molecule has 0 saturated heterocycles. The number of aromatic nitrogens is 2. The highest BCUT2D eigenvalue weighted by molar-refractivity contribution is 6.31. The van der Waals surface area contributed by atoms with Crippen LogP contribution in [0.3, 0.4) is 0 Å². The lowest BCUT2D eigenvalue weighted by atomic mass is 10.00. The third-order valence-electron chi connectivity index (χ3n) is 4.42. The largest absolute Gasteiger partial charge is 0.309 e. The SMILES string of the molecule is CC(NCc1nc2cc(Cl)ccc2c(=O)[nH]1)C1CCCC1. The summed E-state index contributed by atoms with van der Waals surface area (Å²) in [5.74, 6) is 1.41. The van der Waals surface area contributed by atoms with Gasteiger partial charge in [-0.15, -0.1) is 0 Å². The average molecular weight is 306 g/mol. The van der Waals surface area contributed by atoms with Gasteiger partial charge in [0.05, 0.1) is 17.4 Å². The van der Waals surface area contributed by atoms with Crippen LogP contribution in [0.15, 0.2) is 23.0 Å². The molecular formula is C16H20ClN3O. The van der Waals surface area contributed by atoms with Crippen molar-refractivity contribution >= 4 is 22.5 Å². The van der Waals surface area contributed by atoms with Gasteiger partial charge in [0.15, 0.2) is 0 Å². The van der Waals surface area contributed by atoms with E-state index in [2.05, 4.69) is 22.2 Å². The molecule has 0 spiro atoms. The van der Waals surface area contributed by atoms with Crippen molar-refractivity contribution in [2.45, 2.75) is 45.2 Å². The van der Waals surface area contributed by atoms with E-state index in [4.69, 9.17) is 11.6 Å². The number of halogens is 1. The Labute approximate surface area is 128 Å². The fourth-order valence-corrected chi connectivity index (χ4v) is 3.29. The van der Waals surface area contributed by atoms with E-state index in [1.54, 1.807) is 18.2 Å². The highest BCUT2D eigenvalue weighted by Gasteiger charge is 2.21. The minimum absolute atomic E-state index is 0.109. The van der Waals surface area contributed by atoms with Crippen LogP contribution >= 0.6 is 11.6 Å². The van der Waals surface area contributed by atoms with Gasteiger partial charge in [-0.3, -0.25) is 4.79 Å². The van der Waals surface area contributed by atoms with Gasteiger partial charge in [-0.05, 0) is 43.9 Å². The monoisotopic (exact) mass is 305 g/mol. The van der Waals surface area contributed by atoms with Crippen LogP contribution in [-0.2, 0) is 6.54 Å². The number of nitrogens with one attached hydrogen (secondary N) is 2. The van der Waals surface area contributed by atoms with Gasteiger partial charge >= 0.3 is 0 Å². The molecule has 1 fully saturated rings. The Bertz CT molecular complexity index is 691. The van der Waals surface area contributed by atoms with E-state index >= 15 is 0 Å². The number of hydrogen-bond donors (Lipinski definition) is 2. The summed E-state index contributed by atoms with van der Waals surface area (Å²) in [7, 11) is 0. The lowest BCUT2D eigenvalue weighted by molar-refractivity contribution is 0.377. The van der Waals surface area contributed by atoms with Crippen molar-refractivity contribution in [1.29, 1.82) is 0 Å². The third-order valence-corrected chi connectivity index (χ3v) is 4.65. The first-order valence-electron chi connectivity index (χ1n) is 7.55. The molecule has 1 aliphatic rings. The Hall–Kier alpha value is -1.39. The van der Waals surface area contributed by atoms with Gasteiger partial charge < -0.3 is 10.3 Å². The predicted molar refractivity (Wildman–Crippen MR) is 85.6 cm³/mol. The molecule has 0 amide bonds. The molecule has 1 aromatic carbocycles. The summed E-state index contributed by atoms with van der Waals surface area (Å²) in [5, 5.41) is 4.65. The Kier molecular flexibility index (Phi) is 4.27. The number of benzene rings is 1. The van der Waals surface area contributed by atoms with Crippen LogP contribution in [0.25, 0.3) is 10.9 Å². The molecule has 0 bridgehead atoms. The highest BCUT2D eigenvalue weighted by Crippen LogP contribution is 2.27. The number of H-pyrrole nitrogens is 1. The predicted octanol–water partition coefficient (Wildman–Crippen LogP) is 3.24. The normalized spacial score (nSPS) is 17.4. The standard InChI is InChI=1S/C16H20ClN3O/c1-10(11-4-2-3-5-11)18-9-15-19-14-8-12(17)6-7-13(14)16(21)20-15/h6-8,10-11,18H,2-5,9H2,1H3,(H,19,20,21). The van der Waals surface area contributed by atoms with Crippen LogP contribution in [0.4, 0.5) is 0 Å². The quantitative estimate of drug-likeness (QED) is 0.911. The average Bonchev–Trinajstić information content (AvgIpc) is 2.98. The lowest BCUT2D eigenvalue weighted by Gasteiger charge is -2.20. The molecular weight excluding hydrogens is 286 g/mol. The molecule has 3 rings (SSSR count). The fourth-order valence-electron chi connectivity index (χ4n) is 3.13. The zero-order chi connectivity index (χ0) is 14.8. The zero-order valence-corrected chi connectivity index (χ0v) is 12.9. The number of fused-ring (bicyclic) bond motifs is 1. The molecule has 4 nitrogen and oxygen atoms in total. The molecule has 1 aromatic heterocycles. The zero-order valence-electron chi connectivity index (χ0n) is 12.2. The summed E-state index contributed by atoms with van der Waals surface area (Å²) >= 11 is 5.97. The number of nitrogens with zero attached hydrogens (tertiary/aromatic N) is 1.